The van der Waals surface area contributed by atoms with Crippen molar-refractivity contribution in [2.75, 3.05) is 0 Å². The van der Waals surface area contributed by atoms with E-state index in [1.807, 2.05) is 18.3 Å². The average Bonchev–Trinajstić information content (AvgIpc) is 3.10. The highest BCUT2D eigenvalue weighted by Crippen LogP contribution is 2.29. The van der Waals surface area contributed by atoms with Gasteiger partial charge in [0.15, 0.2) is 0 Å². The predicted octanol–water partition coefficient (Wildman–Crippen LogP) is 4.61. The Kier molecular flexibility index (Phi) is 4.08. The van der Waals surface area contributed by atoms with Crippen molar-refractivity contribution in [1.29, 1.82) is 0 Å². The number of aromatic nitrogens is 1. The minimum atomic E-state index is 0.173. The van der Waals surface area contributed by atoms with Gasteiger partial charge in [-0.3, -0.25) is 0 Å². The summed E-state index contributed by atoms with van der Waals surface area (Å²) in [6.45, 7) is 7.20. The van der Waals surface area contributed by atoms with Crippen LogP contribution in [0.3, 0.4) is 0 Å². The number of aryl methyl sites for hydroxylation is 2. The molecule has 0 bridgehead atoms. The largest absolute Gasteiger partial charge is 0.459 e. The van der Waals surface area contributed by atoms with Gasteiger partial charge in [0.1, 0.15) is 16.4 Å². The summed E-state index contributed by atoms with van der Waals surface area (Å²) >= 11 is 1.78. The monoisotopic (exact) mass is 300 g/mol. The smallest absolute Gasteiger partial charge is 0.134 e. The molecular formula is C17H20N2OS. The fraction of sp³-hybridized carbons (Fsp3) is 0.353. The Morgan fingerprint density at radius 1 is 1.33 bits per heavy atom. The second kappa shape index (κ2) is 6.00. The van der Waals surface area contributed by atoms with Crippen LogP contribution in [0.2, 0.25) is 0 Å². The second-order valence-electron chi connectivity index (χ2n) is 5.26. The molecular weight excluding hydrogens is 280 g/mol. The van der Waals surface area contributed by atoms with Gasteiger partial charge in [0, 0.05) is 23.0 Å². The molecule has 1 unspecified atom stereocenters. The van der Waals surface area contributed by atoms with Gasteiger partial charge in [-0.25, -0.2) is 4.98 Å². The number of hydrogen-bond acceptors (Lipinski definition) is 4. The average molecular weight is 300 g/mol. The van der Waals surface area contributed by atoms with Crippen LogP contribution in [-0.2, 0) is 13.0 Å². The Bertz CT molecular complexity index is 744. The van der Waals surface area contributed by atoms with Crippen molar-refractivity contribution in [3.05, 3.63) is 51.7 Å². The molecule has 0 saturated heterocycles. The van der Waals surface area contributed by atoms with Gasteiger partial charge in [0.2, 0.25) is 0 Å². The maximum atomic E-state index is 6.00. The number of rotatable bonds is 5. The van der Waals surface area contributed by atoms with E-state index in [9.17, 15) is 0 Å². The van der Waals surface area contributed by atoms with E-state index >= 15 is 0 Å². The first-order valence-electron chi connectivity index (χ1n) is 7.34. The maximum absolute atomic E-state index is 6.00. The van der Waals surface area contributed by atoms with Gasteiger partial charge in [0.05, 0.1) is 6.04 Å². The fourth-order valence-electron chi connectivity index (χ4n) is 2.53. The first-order valence-corrected chi connectivity index (χ1v) is 8.15. The molecule has 1 aromatic carbocycles. The number of fused-ring (bicyclic) bond motifs is 1. The number of thiazole rings is 1. The van der Waals surface area contributed by atoms with Crippen LogP contribution in [0.25, 0.3) is 11.0 Å². The zero-order valence-corrected chi connectivity index (χ0v) is 13.5. The summed E-state index contributed by atoms with van der Waals surface area (Å²) in [5.41, 5.74) is 2.18. The molecule has 3 rings (SSSR count). The van der Waals surface area contributed by atoms with Crippen molar-refractivity contribution in [3.63, 3.8) is 0 Å². The first kappa shape index (κ1) is 14.3. The molecule has 3 aromatic rings. The number of hydrogen-bond donors (Lipinski definition) is 1. The van der Waals surface area contributed by atoms with Crippen LogP contribution in [0.1, 0.15) is 41.1 Å². The molecule has 0 saturated carbocycles. The standard InChI is InChI=1S/C17H20N2OS/c1-4-13-9-19-16(21-13)10-18-12(3)17-11(2)14-7-5-6-8-15(14)20-17/h5-9,12,18H,4,10H2,1-3H3. The Morgan fingerprint density at radius 3 is 2.86 bits per heavy atom. The number of furan rings is 1. The van der Waals surface area contributed by atoms with Crippen molar-refractivity contribution in [3.8, 4) is 0 Å². The highest BCUT2D eigenvalue weighted by molar-refractivity contribution is 7.11. The molecule has 0 aliphatic carbocycles. The summed E-state index contributed by atoms with van der Waals surface area (Å²) in [7, 11) is 0. The van der Waals surface area contributed by atoms with Crippen LogP contribution in [-0.4, -0.2) is 4.98 Å². The van der Waals surface area contributed by atoms with E-state index in [4.69, 9.17) is 4.42 Å². The minimum Gasteiger partial charge on any atom is -0.459 e. The maximum Gasteiger partial charge on any atom is 0.134 e. The highest BCUT2D eigenvalue weighted by Gasteiger charge is 2.16. The van der Waals surface area contributed by atoms with Crippen LogP contribution in [0, 0.1) is 6.92 Å². The van der Waals surface area contributed by atoms with Crippen molar-refractivity contribution in [1.82, 2.24) is 10.3 Å². The molecule has 0 amide bonds. The number of benzene rings is 1. The van der Waals surface area contributed by atoms with E-state index in [-0.39, 0.29) is 6.04 Å². The van der Waals surface area contributed by atoms with E-state index in [0.29, 0.717) is 0 Å². The van der Waals surface area contributed by atoms with Gasteiger partial charge in [-0.05, 0) is 31.9 Å². The third kappa shape index (κ3) is 2.87. The highest BCUT2D eigenvalue weighted by atomic mass is 32.1. The van der Waals surface area contributed by atoms with Crippen LogP contribution >= 0.6 is 11.3 Å². The molecule has 2 heterocycles. The van der Waals surface area contributed by atoms with Crippen LogP contribution in [0.5, 0.6) is 0 Å². The van der Waals surface area contributed by atoms with Crippen molar-refractivity contribution < 1.29 is 4.42 Å². The lowest BCUT2D eigenvalue weighted by Crippen LogP contribution is -2.18. The summed E-state index contributed by atoms with van der Waals surface area (Å²) in [6, 6.07) is 8.36. The third-order valence-corrected chi connectivity index (χ3v) is 4.92. The predicted molar refractivity (Wildman–Crippen MR) is 87.7 cm³/mol. The zero-order chi connectivity index (χ0) is 14.8. The first-order chi connectivity index (χ1) is 10.2. The molecule has 0 aliphatic rings. The number of nitrogens with zero attached hydrogens (tertiary/aromatic N) is 1. The topological polar surface area (TPSA) is 38.1 Å². The third-order valence-electron chi connectivity index (χ3n) is 3.78. The molecule has 0 fully saturated rings. The molecule has 1 atom stereocenters. The van der Waals surface area contributed by atoms with E-state index in [1.165, 1.54) is 15.8 Å². The molecule has 0 spiro atoms. The summed E-state index contributed by atoms with van der Waals surface area (Å²) < 4.78 is 6.00. The molecule has 0 aliphatic heterocycles. The van der Waals surface area contributed by atoms with E-state index in [1.54, 1.807) is 11.3 Å². The molecule has 110 valence electrons. The van der Waals surface area contributed by atoms with Gasteiger partial charge in [-0.15, -0.1) is 11.3 Å². The molecule has 21 heavy (non-hydrogen) atoms. The Hall–Kier alpha value is -1.65. The lowest BCUT2D eigenvalue weighted by molar-refractivity contribution is 0.447. The van der Waals surface area contributed by atoms with Crippen LogP contribution in [0.4, 0.5) is 0 Å². The Balaban J connectivity index is 1.74. The number of para-hydroxylation sites is 1. The summed E-state index contributed by atoms with van der Waals surface area (Å²) in [5, 5.41) is 5.84. The second-order valence-corrected chi connectivity index (χ2v) is 6.46. The molecule has 1 N–H and O–H groups in total. The fourth-order valence-corrected chi connectivity index (χ4v) is 3.35. The SMILES string of the molecule is CCc1cnc(CNC(C)c2oc3ccccc3c2C)s1. The molecule has 4 heteroatoms. The lowest BCUT2D eigenvalue weighted by atomic mass is 10.1. The van der Waals surface area contributed by atoms with Gasteiger partial charge < -0.3 is 9.73 Å². The van der Waals surface area contributed by atoms with E-state index in [2.05, 4.69) is 43.2 Å². The van der Waals surface area contributed by atoms with Crippen molar-refractivity contribution >= 4 is 22.3 Å². The summed E-state index contributed by atoms with van der Waals surface area (Å²) in [4.78, 5) is 5.78. The Morgan fingerprint density at radius 2 is 2.14 bits per heavy atom. The van der Waals surface area contributed by atoms with Crippen molar-refractivity contribution in [2.45, 2.75) is 39.8 Å². The summed E-state index contributed by atoms with van der Waals surface area (Å²) in [5.74, 6) is 1.02. The zero-order valence-electron chi connectivity index (χ0n) is 12.6. The lowest BCUT2D eigenvalue weighted by Gasteiger charge is -2.11. The quantitative estimate of drug-likeness (QED) is 0.747. The molecule has 3 nitrogen and oxygen atoms in total. The van der Waals surface area contributed by atoms with E-state index < -0.39 is 0 Å². The normalized spacial score (nSPS) is 12.9. The van der Waals surface area contributed by atoms with Gasteiger partial charge >= 0.3 is 0 Å². The van der Waals surface area contributed by atoms with E-state index in [0.717, 1.165) is 29.3 Å². The number of nitrogens with one attached hydrogen (secondary N) is 1. The van der Waals surface area contributed by atoms with Crippen LogP contribution in [0.15, 0.2) is 34.9 Å². The van der Waals surface area contributed by atoms with Gasteiger partial charge in [0.25, 0.3) is 0 Å². The van der Waals surface area contributed by atoms with Crippen LogP contribution < -0.4 is 5.32 Å². The van der Waals surface area contributed by atoms with Gasteiger partial charge in [-0.1, -0.05) is 25.1 Å². The molecule has 0 radical (unpaired) electrons. The minimum absolute atomic E-state index is 0.173. The Labute approximate surface area is 129 Å². The summed E-state index contributed by atoms with van der Waals surface area (Å²) in [6.07, 6.45) is 3.02. The molecule has 2 aromatic heterocycles. The van der Waals surface area contributed by atoms with Crippen molar-refractivity contribution in [2.24, 2.45) is 0 Å². The van der Waals surface area contributed by atoms with Gasteiger partial charge in [-0.2, -0.15) is 0 Å².